The molecule has 2 N–H and O–H groups in total. The molecule has 1 amide bonds. The lowest BCUT2D eigenvalue weighted by molar-refractivity contribution is -0.133. The van der Waals surface area contributed by atoms with Crippen molar-refractivity contribution in [1.29, 1.82) is 0 Å². The highest BCUT2D eigenvalue weighted by molar-refractivity contribution is 5.76. The van der Waals surface area contributed by atoms with Crippen molar-refractivity contribution in [2.24, 2.45) is 0 Å². The van der Waals surface area contributed by atoms with Crippen LogP contribution in [0.4, 0.5) is 5.69 Å². The molecule has 2 aliphatic heterocycles. The number of anilines is 1. The third-order valence-corrected chi connectivity index (χ3v) is 4.61. The Kier molecular flexibility index (Phi) is 4.44. The second kappa shape index (κ2) is 6.48. The molecule has 0 aromatic heterocycles. The molecule has 0 aliphatic carbocycles. The highest BCUT2D eigenvalue weighted by atomic mass is 16.5. The van der Waals surface area contributed by atoms with E-state index in [1.54, 1.807) is 0 Å². The van der Waals surface area contributed by atoms with Gasteiger partial charge in [-0.25, -0.2) is 0 Å². The predicted molar refractivity (Wildman–Crippen MR) is 82.8 cm³/mol. The number of nitrogens with zero attached hydrogens (tertiary/aromatic N) is 1. The Balaban J connectivity index is 1.54. The maximum atomic E-state index is 12.4. The summed E-state index contributed by atoms with van der Waals surface area (Å²) in [6, 6.07) is 5.99. The van der Waals surface area contributed by atoms with Gasteiger partial charge in [0.1, 0.15) is 0 Å². The van der Waals surface area contributed by atoms with Crippen molar-refractivity contribution >= 4 is 11.6 Å². The van der Waals surface area contributed by atoms with Gasteiger partial charge < -0.3 is 15.4 Å². The molecule has 1 unspecified atom stereocenters. The number of ether oxygens (including phenoxy) is 1. The fourth-order valence-corrected chi connectivity index (χ4v) is 3.33. The van der Waals surface area contributed by atoms with E-state index in [0.29, 0.717) is 13.0 Å². The Morgan fingerprint density at radius 1 is 1.38 bits per heavy atom. The van der Waals surface area contributed by atoms with Crippen LogP contribution in [0.5, 0.6) is 0 Å². The number of hydrogen-bond acceptors (Lipinski definition) is 3. The summed E-state index contributed by atoms with van der Waals surface area (Å²) in [6.45, 7) is 2.34. The minimum absolute atomic E-state index is 0.247. The smallest absolute Gasteiger partial charge is 0.222 e. The predicted octanol–water partition coefficient (Wildman–Crippen LogP) is 2.50. The Bertz CT molecular complexity index is 510. The van der Waals surface area contributed by atoms with Crippen LogP contribution in [-0.4, -0.2) is 30.1 Å². The number of nitrogens with two attached hydrogens (primary N) is 1. The standard InChI is InChI=1S/C17H24N2O2/c18-16-6-3-4-13-12-19(10-9-15(13)16)17(20)8-7-14-5-1-2-11-21-14/h3-4,6,14H,1-2,5,7-12,18H2. The van der Waals surface area contributed by atoms with Crippen LogP contribution in [0.15, 0.2) is 18.2 Å². The average molecular weight is 288 g/mol. The van der Waals surface area contributed by atoms with Crippen LogP contribution in [0.25, 0.3) is 0 Å². The Labute approximate surface area is 126 Å². The molecule has 1 aromatic rings. The molecule has 1 saturated heterocycles. The third kappa shape index (κ3) is 3.38. The summed E-state index contributed by atoms with van der Waals surface area (Å²) in [5.41, 5.74) is 9.27. The maximum absolute atomic E-state index is 12.4. The summed E-state index contributed by atoms with van der Waals surface area (Å²) < 4.78 is 5.70. The molecule has 4 heteroatoms. The van der Waals surface area contributed by atoms with Gasteiger partial charge in [0.05, 0.1) is 6.10 Å². The summed E-state index contributed by atoms with van der Waals surface area (Å²) in [4.78, 5) is 14.3. The van der Waals surface area contributed by atoms with Crippen molar-refractivity contribution in [2.75, 3.05) is 18.9 Å². The van der Waals surface area contributed by atoms with Crippen molar-refractivity contribution in [1.82, 2.24) is 4.90 Å². The first-order valence-electron chi connectivity index (χ1n) is 7.99. The lowest BCUT2D eigenvalue weighted by atomic mass is 9.97. The van der Waals surface area contributed by atoms with Crippen LogP contribution in [0, 0.1) is 0 Å². The van der Waals surface area contributed by atoms with Gasteiger partial charge in [0, 0.05) is 31.8 Å². The Morgan fingerprint density at radius 3 is 3.10 bits per heavy atom. The molecule has 21 heavy (non-hydrogen) atoms. The zero-order chi connectivity index (χ0) is 14.7. The number of benzene rings is 1. The highest BCUT2D eigenvalue weighted by Gasteiger charge is 2.23. The first kappa shape index (κ1) is 14.4. The molecule has 1 aromatic carbocycles. The van der Waals surface area contributed by atoms with E-state index in [-0.39, 0.29) is 12.0 Å². The average Bonchev–Trinajstić information content (AvgIpc) is 2.53. The molecule has 0 bridgehead atoms. The second-order valence-corrected chi connectivity index (χ2v) is 6.08. The monoisotopic (exact) mass is 288 g/mol. The number of carbonyl (C=O) groups excluding carboxylic acids is 1. The van der Waals surface area contributed by atoms with Gasteiger partial charge in [-0.2, -0.15) is 0 Å². The molecule has 1 fully saturated rings. The molecule has 2 heterocycles. The zero-order valence-corrected chi connectivity index (χ0v) is 12.5. The molecule has 0 spiro atoms. The number of rotatable bonds is 3. The van der Waals surface area contributed by atoms with Crippen molar-refractivity contribution in [3.8, 4) is 0 Å². The zero-order valence-electron chi connectivity index (χ0n) is 12.5. The summed E-state index contributed by atoms with van der Waals surface area (Å²) in [5, 5.41) is 0. The quantitative estimate of drug-likeness (QED) is 0.869. The number of amides is 1. The second-order valence-electron chi connectivity index (χ2n) is 6.08. The molecule has 2 aliphatic rings. The van der Waals surface area contributed by atoms with E-state index in [2.05, 4.69) is 6.07 Å². The van der Waals surface area contributed by atoms with Gasteiger partial charge in [-0.05, 0) is 49.3 Å². The van der Waals surface area contributed by atoms with Crippen LogP contribution >= 0.6 is 0 Å². The summed E-state index contributed by atoms with van der Waals surface area (Å²) in [5.74, 6) is 0.247. The third-order valence-electron chi connectivity index (χ3n) is 4.61. The maximum Gasteiger partial charge on any atom is 0.222 e. The van der Waals surface area contributed by atoms with Gasteiger partial charge in [-0.1, -0.05) is 12.1 Å². The van der Waals surface area contributed by atoms with E-state index in [4.69, 9.17) is 10.5 Å². The van der Waals surface area contributed by atoms with E-state index in [0.717, 1.165) is 44.5 Å². The number of carbonyl (C=O) groups is 1. The largest absolute Gasteiger partial charge is 0.398 e. The minimum atomic E-state index is 0.247. The first-order chi connectivity index (χ1) is 10.2. The fraction of sp³-hybridized carbons (Fsp3) is 0.588. The highest BCUT2D eigenvalue weighted by Crippen LogP contribution is 2.25. The van der Waals surface area contributed by atoms with Crippen molar-refractivity contribution in [3.05, 3.63) is 29.3 Å². The lowest BCUT2D eigenvalue weighted by Gasteiger charge is -2.30. The lowest BCUT2D eigenvalue weighted by Crippen LogP contribution is -2.36. The summed E-state index contributed by atoms with van der Waals surface area (Å²) in [6.07, 6.45) is 6.11. The van der Waals surface area contributed by atoms with Gasteiger partial charge in [-0.15, -0.1) is 0 Å². The number of nitrogen functional groups attached to an aromatic ring is 1. The van der Waals surface area contributed by atoms with E-state index in [1.807, 2.05) is 17.0 Å². The van der Waals surface area contributed by atoms with Crippen LogP contribution in [0.1, 0.15) is 43.2 Å². The SMILES string of the molecule is Nc1cccc2c1CCN(C(=O)CCC1CCCCO1)C2. The molecule has 114 valence electrons. The van der Waals surface area contributed by atoms with Gasteiger partial charge >= 0.3 is 0 Å². The topological polar surface area (TPSA) is 55.6 Å². The van der Waals surface area contributed by atoms with Gasteiger partial charge in [0.15, 0.2) is 0 Å². The molecule has 4 nitrogen and oxygen atoms in total. The summed E-state index contributed by atoms with van der Waals surface area (Å²) >= 11 is 0. The molecular weight excluding hydrogens is 264 g/mol. The number of fused-ring (bicyclic) bond motifs is 1. The van der Waals surface area contributed by atoms with E-state index in [9.17, 15) is 4.79 Å². The molecule has 0 saturated carbocycles. The van der Waals surface area contributed by atoms with Gasteiger partial charge in [-0.3, -0.25) is 4.79 Å². The first-order valence-corrected chi connectivity index (χ1v) is 7.99. The van der Waals surface area contributed by atoms with Crippen molar-refractivity contribution in [2.45, 2.75) is 51.2 Å². The van der Waals surface area contributed by atoms with Crippen LogP contribution in [0.3, 0.4) is 0 Å². The van der Waals surface area contributed by atoms with Crippen molar-refractivity contribution < 1.29 is 9.53 Å². The Morgan fingerprint density at radius 2 is 2.29 bits per heavy atom. The van der Waals surface area contributed by atoms with Gasteiger partial charge in [0.25, 0.3) is 0 Å². The van der Waals surface area contributed by atoms with Crippen LogP contribution < -0.4 is 5.73 Å². The number of hydrogen-bond donors (Lipinski definition) is 1. The van der Waals surface area contributed by atoms with Gasteiger partial charge in [0.2, 0.25) is 5.91 Å². The molecule has 0 radical (unpaired) electrons. The van der Waals surface area contributed by atoms with E-state index < -0.39 is 0 Å². The van der Waals surface area contributed by atoms with Crippen LogP contribution in [-0.2, 0) is 22.5 Å². The fourth-order valence-electron chi connectivity index (χ4n) is 3.33. The molecule has 1 atom stereocenters. The van der Waals surface area contributed by atoms with Crippen molar-refractivity contribution in [3.63, 3.8) is 0 Å². The normalized spacial score (nSPS) is 21.9. The minimum Gasteiger partial charge on any atom is -0.398 e. The summed E-state index contributed by atoms with van der Waals surface area (Å²) in [7, 11) is 0. The molecular formula is C17H24N2O2. The molecule has 3 rings (SSSR count). The van der Waals surface area contributed by atoms with E-state index >= 15 is 0 Å². The van der Waals surface area contributed by atoms with Crippen LogP contribution in [0.2, 0.25) is 0 Å². The van der Waals surface area contributed by atoms with E-state index in [1.165, 1.54) is 17.5 Å². The Hall–Kier alpha value is -1.55.